The maximum atomic E-state index is 11.9. The van der Waals surface area contributed by atoms with Crippen LogP contribution in [0.25, 0.3) is 0 Å². The second kappa shape index (κ2) is 6.72. The number of hydrogen-bond donors (Lipinski definition) is 0. The number of allylic oxidation sites excluding steroid dienone is 5. The third-order valence-electron chi connectivity index (χ3n) is 3.22. The highest BCUT2D eigenvalue weighted by molar-refractivity contribution is 5.95. The topological polar surface area (TPSA) is 66.2 Å². The van der Waals surface area contributed by atoms with Gasteiger partial charge in [0.1, 0.15) is 11.6 Å². The van der Waals surface area contributed by atoms with Crippen molar-refractivity contribution in [2.75, 3.05) is 11.5 Å². The van der Waals surface area contributed by atoms with Crippen LogP contribution in [-0.4, -0.2) is 17.6 Å². The summed E-state index contributed by atoms with van der Waals surface area (Å²) in [6, 6.07) is 5.75. The van der Waals surface area contributed by atoms with Gasteiger partial charge in [-0.05, 0) is 45.1 Å². The zero-order valence-electron chi connectivity index (χ0n) is 12.8. The number of anilines is 1. The lowest BCUT2D eigenvalue weighted by Crippen LogP contribution is -2.22. The Balaban J connectivity index is 2.44. The number of aromatic nitrogens is 1. The standard InChI is InChI=1S/C17H17N3O2/c1-4-22-17(21)16(10-18)14-8-12(2)20(13(3)9-14)15-6-5-7-19-11-15/h5-9,11H,4H2,1-3H3. The minimum Gasteiger partial charge on any atom is -0.462 e. The molecule has 0 fully saturated rings. The normalized spacial score (nSPS) is 13.9. The monoisotopic (exact) mass is 295 g/mol. The van der Waals surface area contributed by atoms with Gasteiger partial charge < -0.3 is 9.64 Å². The molecule has 5 nitrogen and oxygen atoms in total. The molecular formula is C17H17N3O2. The molecule has 0 radical (unpaired) electrons. The van der Waals surface area contributed by atoms with Crippen LogP contribution in [0, 0.1) is 11.3 Å². The average Bonchev–Trinajstić information content (AvgIpc) is 2.48. The first kappa shape index (κ1) is 15.5. The third kappa shape index (κ3) is 3.07. The van der Waals surface area contributed by atoms with Crippen molar-refractivity contribution in [2.24, 2.45) is 0 Å². The van der Waals surface area contributed by atoms with E-state index in [1.807, 2.05) is 36.9 Å². The lowest BCUT2D eigenvalue weighted by Gasteiger charge is -2.29. The first-order chi connectivity index (χ1) is 10.6. The fraction of sp³-hybridized carbons (Fsp3) is 0.235. The van der Waals surface area contributed by atoms with Crippen LogP contribution in [0.5, 0.6) is 0 Å². The molecule has 0 spiro atoms. The highest BCUT2D eigenvalue weighted by Gasteiger charge is 2.20. The van der Waals surface area contributed by atoms with Gasteiger partial charge in [0.25, 0.3) is 0 Å². The summed E-state index contributed by atoms with van der Waals surface area (Å²) in [4.78, 5) is 18.0. The Morgan fingerprint density at radius 2 is 2.05 bits per heavy atom. The molecular weight excluding hydrogens is 278 g/mol. The third-order valence-corrected chi connectivity index (χ3v) is 3.22. The number of nitriles is 1. The molecule has 22 heavy (non-hydrogen) atoms. The molecule has 0 N–H and O–H groups in total. The number of carbonyl (C=O) groups excluding carboxylic acids is 1. The first-order valence-electron chi connectivity index (χ1n) is 6.96. The van der Waals surface area contributed by atoms with Crippen LogP contribution >= 0.6 is 0 Å². The van der Waals surface area contributed by atoms with Gasteiger partial charge in [-0.1, -0.05) is 0 Å². The van der Waals surface area contributed by atoms with Crippen molar-refractivity contribution in [1.29, 1.82) is 5.26 Å². The van der Waals surface area contributed by atoms with Gasteiger partial charge in [-0.3, -0.25) is 4.98 Å². The number of rotatable bonds is 3. The molecule has 2 heterocycles. The number of hydrogen-bond acceptors (Lipinski definition) is 5. The number of pyridine rings is 1. The quantitative estimate of drug-likeness (QED) is 0.487. The molecule has 0 saturated carbocycles. The Bertz CT molecular complexity index is 687. The molecule has 2 rings (SSSR count). The van der Waals surface area contributed by atoms with Crippen molar-refractivity contribution < 1.29 is 9.53 Å². The largest absolute Gasteiger partial charge is 0.462 e. The van der Waals surface area contributed by atoms with Crippen molar-refractivity contribution in [2.45, 2.75) is 20.8 Å². The fourth-order valence-electron chi connectivity index (χ4n) is 2.37. The van der Waals surface area contributed by atoms with Gasteiger partial charge >= 0.3 is 5.97 Å². The molecule has 1 aliphatic heterocycles. The minimum atomic E-state index is -0.595. The van der Waals surface area contributed by atoms with Gasteiger partial charge in [-0.25, -0.2) is 4.79 Å². The molecule has 0 bridgehead atoms. The van der Waals surface area contributed by atoms with Crippen LogP contribution in [-0.2, 0) is 9.53 Å². The minimum absolute atomic E-state index is 0.0198. The second-order valence-electron chi connectivity index (χ2n) is 4.78. The van der Waals surface area contributed by atoms with E-state index in [0.717, 1.165) is 17.1 Å². The zero-order valence-corrected chi connectivity index (χ0v) is 12.8. The Morgan fingerprint density at radius 3 is 2.55 bits per heavy atom. The summed E-state index contributed by atoms with van der Waals surface area (Å²) in [7, 11) is 0. The SMILES string of the molecule is CCOC(=O)C(C#N)=C1C=C(C)N(c2cccnc2)C(C)=C1. The lowest BCUT2D eigenvalue weighted by molar-refractivity contribution is -0.138. The summed E-state index contributed by atoms with van der Waals surface area (Å²) >= 11 is 0. The van der Waals surface area contributed by atoms with Crippen LogP contribution < -0.4 is 4.90 Å². The van der Waals surface area contributed by atoms with E-state index in [-0.39, 0.29) is 12.2 Å². The Kier molecular flexibility index (Phi) is 4.74. The fourth-order valence-corrected chi connectivity index (χ4v) is 2.37. The van der Waals surface area contributed by atoms with Gasteiger partial charge in [0, 0.05) is 23.2 Å². The van der Waals surface area contributed by atoms with Crippen molar-refractivity contribution in [3.63, 3.8) is 0 Å². The Labute approximate surface area is 129 Å². The highest BCUT2D eigenvalue weighted by Crippen LogP contribution is 2.29. The predicted molar refractivity (Wildman–Crippen MR) is 83.5 cm³/mol. The molecule has 1 aromatic rings. The molecule has 0 saturated heterocycles. The summed E-state index contributed by atoms with van der Waals surface area (Å²) in [6.45, 7) is 5.79. The predicted octanol–water partition coefficient (Wildman–Crippen LogP) is 3.09. The second-order valence-corrected chi connectivity index (χ2v) is 4.78. The number of ether oxygens (including phenoxy) is 1. The molecule has 0 amide bonds. The summed E-state index contributed by atoms with van der Waals surface area (Å²) < 4.78 is 4.93. The van der Waals surface area contributed by atoms with Crippen molar-refractivity contribution in [3.05, 3.63) is 59.2 Å². The summed E-state index contributed by atoms with van der Waals surface area (Å²) in [5.74, 6) is -0.595. The van der Waals surface area contributed by atoms with Crippen LogP contribution in [0.15, 0.2) is 59.2 Å². The van der Waals surface area contributed by atoms with E-state index >= 15 is 0 Å². The number of carbonyl (C=O) groups is 1. The average molecular weight is 295 g/mol. The molecule has 112 valence electrons. The molecule has 1 aromatic heterocycles. The maximum Gasteiger partial charge on any atom is 0.349 e. The van der Waals surface area contributed by atoms with Crippen molar-refractivity contribution >= 4 is 11.7 Å². The van der Waals surface area contributed by atoms with E-state index in [4.69, 9.17) is 4.74 Å². The Hall–Kier alpha value is -2.87. The van der Waals surface area contributed by atoms with E-state index in [2.05, 4.69) is 4.98 Å². The van der Waals surface area contributed by atoms with Crippen molar-refractivity contribution in [1.82, 2.24) is 4.98 Å². The van der Waals surface area contributed by atoms with Crippen LogP contribution in [0.1, 0.15) is 20.8 Å². The highest BCUT2D eigenvalue weighted by atomic mass is 16.5. The van der Waals surface area contributed by atoms with E-state index in [1.54, 1.807) is 31.5 Å². The van der Waals surface area contributed by atoms with E-state index in [0.29, 0.717) is 5.57 Å². The zero-order chi connectivity index (χ0) is 16.1. The maximum absolute atomic E-state index is 11.9. The number of esters is 1. The lowest BCUT2D eigenvalue weighted by atomic mass is 10.0. The summed E-state index contributed by atoms with van der Waals surface area (Å²) in [6.07, 6.45) is 7.08. The summed E-state index contributed by atoms with van der Waals surface area (Å²) in [5.41, 5.74) is 3.32. The van der Waals surface area contributed by atoms with Gasteiger partial charge in [0.15, 0.2) is 0 Å². The number of nitrogens with zero attached hydrogens (tertiary/aromatic N) is 3. The van der Waals surface area contributed by atoms with Crippen LogP contribution in [0.2, 0.25) is 0 Å². The van der Waals surface area contributed by atoms with Crippen LogP contribution in [0.4, 0.5) is 5.69 Å². The van der Waals surface area contributed by atoms with E-state index < -0.39 is 5.97 Å². The van der Waals surface area contributed by atoms with Gasteiger partial charge in [0.2, 0.25) is 0 Å². The first-order valence-corrected chi connectivity index (χ1v) is 6.96. The van der Waals surface area contributed by atoms with Gasteiger partial charge in [-0.2, -0.15) is 5.26 Å². The van der Waals surface area contributed by atoms with Gasteiger partial charge in [0.05, 0.1) is 18.5 Å². The van der Waals surface area contributed by atoms with Gasteiger partial charge in [-0.15, -0.1) is 0 Å². The molecule has 1 aliphatic rings. The summed E-state index contributed by atoms with van der Waals surface area (Å²) in [5, 5.41) is 9.24. The smallest absolute Gasteiger partial charge is 0.349 e. The molecule has 0 aliphatic carbocycles. The molecule has 0 aromatic carbocycles. The van der Waals surface area contributed by atoms with E-state index in [9.17, 15) is 10.1 Å². The van der Waals surface area contributed by atoms with Crippen molar-refractivity contribution in [3.8, 4) is 6.07 Å². The molecule has 5 heteroatoms. The van der Waals surface area contributed by atoms with Crippen LogP contribution in [0.3, 0.4) is 0 Å². The Morgan fingerprint density at radius 1 is 1.36 bits per heavy atom. The molecule has 0 atom stereocenters. The van der Waals surface area contributed by atoms with E-state index in [1.165, 1.54) is 0 Å². The molecule has 0 unspecified atom stereocenters.